The SMILES string of the molecule is CC=C(C)C(N)(CCCCCC)CCCCCC. The average Bonchev–Trinajstić information content (AvgIpc) is 2.39. The van der Waals surface area contributed by atoms with Gasteiger partial charge in [-0.3, -0.25) is 0 Å². The maximum Gasteiger partial charge on any atom is 0.0366 e. The van der Waals surface area contributed by atoms with Gasteiger partial charge in [0.2, 0.25) is 0 Å². The number of allylic oxidation sites excluding steroid dienone is 1. The van der Waals surface area contributed by atoms with E-state index in [1.807, 2.05) is 0 Å². The van der Waals surface area contributed by atoms with E-state index in [1.165, 1.54) is 56.9 Å². The summed E-state index contributed by atoms with van der Waals surface area (Å²) in [6.45, 7) is 8.85. The fourth-order valence-electron chi connectivity index (χ4n) is 2.54. The van der Waals surface area contributed by atoms with Crippen LogP contribution in [0.3, 0.4) is 0 Å². The Morgan fingerprint density at radius 3 is 1.67 bits per heavy atom. The number of unbranched alkanes of at least 4 members (excludes halogenated alkanes) is 6. The number of hydrogen-bond acceptors (Lipinski definition) is 1. The lowest BCUT2D eigenvalue weighted by atomic mass is 9.81. The van der Waals surface area contributed by atoms with Crippen molar-refractivity contribution in [1.29, 1.82) is 0 Å². The van der Waals surface area contributed by atoms with E-state index in [2.05, 4.69) is 33.8 Å². The summed E-state index contributed by atoms with van der Waals surface area (Å²) in [7, 11) is 0. The molecule has 0 bridgehead atoms. The minimum atomic E-state index is -0.0315. The van der Waals surface area contributed by atoms with Gasteiger partial charge in [0, 0.05) is 5.54 Å². The van der Waals surface area contributed by atoms with Gasteiger partial charge in [0.05, 0.1) is 0 Å². The van der Waals surface area contributed by atoms with E-state index in [-0.39, 0.29) is 5.54 Å². The van der Waals surface area contributed by atoms with Gasteiger partial charge in [-0.2, -0.15) is 0 Å². The Hall–Kier alpha value is -0.300. The Kier molecular flexibility index (Phi) is 10.4. The lowest BCUT2D eigenvalue weighted by Crippen LogP contribution is -2.41. The topological polar surface area (TPSA) is 26.0 Å². The largest absolute Gasteiger partial charge is 0.322 e. The Balaban J connectivity index is 4.17. The lowest BCUT2D eigenvalue weighted by Gasteiger charge is -2.31. The van der Waals surface area contributed by atoms with Crippen molar-refractivity contribution in [3.63, 3.8) is 0 Å². The van der Waals surface area contributed by atoms with Gasteiger partial charge >= 0.3 is 0 Å². The lowest BCUT2D eigenvalue weighted by molar-refractivity contribution is 0.386. The van der Waals surface area contributed by atoms with Gasteiger partial charge in [0.1, 0.15) is 0 Å². The van der Waals surface area contributed by atoms with Crippen LogP contribution in [0.25, 0.3) is 0 Å². The third kappa shape index (κ3) is 7.20. The molecule has 0 aliphatic heterocycles. The Bertz CT molecular complexity index is 206. The summed E-state index contributed by atoms with van der Waals surface area (Å²) in [6.07, 6.45) is 15.1. The summed E-state index contributed by atoms with van der Waals surface area (Å²) in [5, 5.41) is 0. The monoisotopic (exact) mass is 253 g/mol. The standard InChI is InChI=1S/C17H35N/c1-5-8-10-12-14-17(18,16(4)7-3)15-13-11-9-6-2/h7H,5-6,8-15,18H2,1-4H3. The van der Waals surface area contributed by atoms with Crippen molar-refractivity contribution >= 4 is 0 Å². The number of hydrogen-bond donors (Lipinski definition) is 1. The van der Waals surface area contributed by atoms with E-state index < -0.39 is 0 Å². The van der Waals surface area contributed by atoms with Gasteiger partial charge in [-0.15, -0.1) is 0 Å². The zero-order chi connectivity index (χ0) is 13.9. The van der Waals surface area contributed by atoms with Crippen molar-refractivity contribution < 1.29 is 0 Å². The molecule has 2 N–H and O–H groups in total. The Morgan fingerprint density at radius 1 is 0.889 bits per heavy atom. The zero-order valence-corrected chi connectivity index (χ0v) is 13.2. The van der Waals surface area contributed by atoms with Crippen LogP contribution in [0.1, 0.15) is 91.9 Å². The van der Waals surface area contributed by atoms with E-state index in [0.29, 0.717) is 0 Å². The maximum absolute atomic E-state index is 6.65. The second-order valence-corrected chi connectivity index (χ2v) is 5.75. The third-order valence-corrected chi connectivity index (χ3v) is 4.17. The fraction of sp³-hybridized carbons (Fsp3) is 0.882. The molecule has 0 aromatic heterocycles. The van der Waals surface area contributed by atoms with Gasteiger partial charge in [-0.05, 0) is 26.7 Å². The number of nitrogens with two attached hydrogens (primary N) is 1. The average molecular weight is 253 g/mol. The summed E-state index contributed by atoms with van der Waals surface area (Å²) in [6, 6.07) is 0. The molecule has 0 aliphatic carbocycles. The molecule has 0 rings (SSSR count). The van der Waals surface area contributed by atoms with E-state index in [1.54, 1.807) is 0 Å². The van der Waals surface area contributed by atoms with Crippen molar-refractivity contribution in [3.8, 4) is 0 Å². The van der Waals surface area contributed by atoms with Crippen LogP contribution in [0.2, 0.25) is 0 Å². The smallest absolute Gasteiger partial charge is 0.0366 e. The molecule has 0 saturated carbocycles. The summed E-state index contributed by atoms with van der Waals surface area (Å²) in [4.78, 5) is 0. The molecule has 108 valence electrons. The fourth-order valence-corrected chi connectivity index (χ4v) is 2.54. The van der Waals surface area contributed by atoms with Crippen molar-refractivity contribution in [1.82, 2.24) is 0 Å². The highest BCUT2D eigenvalue weighted by molar-refractivity contribution is 5.16. The molecule has 0 aromatic carbocycles. The Labute approximate surface area is 115 Å². The molecule has 0 radical (unpaired) electrons. The van der Waals surface area contributed by atoms with Crippen molar-refractivity contribution in [3.05, 3.63) is 11.6 Å². The summed E-state index contributed by atoms with van der Waals surface area (Å²) in [5.41, 5.74) is 8.00. The van der Waals surface area contributed by atoms with Gasteiger partial charge < -0.3 is 5.73 Å². The van der Waals surface area contributed by atoms with Crippen LogP contribution in [-0.2, 0) is 0 Å². The molecule has 0 aliphatic rings. The first-order chi connectivity index (χ1) is 8.60. The second-order valence-electron chi connectivity index (χ2n) is 5.75. The van der Waals surface area contributed by atoms with Crippen molar-refractivity contribution in [2.24, 2.45) is 5.73 Å². The van der Waals surface area contributed by atoms with Gasteiger partial charge in [-0.1, -0.05) is 76.9 Å². The van der Waals surface area contributed by atoms with Gasteiger partial charge in [0.25, 0.3) is 0 Å². The van der Waals surface area contributed by atoms with Crippen LogP contribution in [0.15, 0.2) is 11.6 Å². The highest BCUT2D eigenvalue weighted by Gasteiger charge is 2.25. The molecule has 0 amide bonds. The first kappa shape index (κ1) is 17.7. The van der Waals surface area contributed by atoms with E-state index >= 15 is 0 Å². The van der Waals surface area contributed by atoms with Gasteiger partial charge in [-0.25, -0.2) is 0 Å². The van der Waals surface area contributed by atoms with Crippen LogP contribution in [0.5, 0.6) is 0 Å². The Morgan fingerprint density at radius 2 is 1.33 bits per heavy atom. The quantitative estimate of drug-likeness (QED) is 0.377. The van der Waals surface area contributed by atoms with Crippen LogP contribution in [0.4, 0.5) is 0 Å². The molecular weight excluding hydrogens is 218 g/mol. The molecular formula is C17H35N. The molecule has 0 heterocycles. The second kappa shape index (κ2) is 10.6. The molecule has 1 nitrogen and oxygen atoms in total. The highest BCUT2D eigenvalue weighted by Crippen LogP contribution is 2.27. The molecule has 18 heavy (non-hydrogen) atoms. The summed E-state index contributed by atoms with van der Waals surface area (Å²) in [5.74, 6) is 0. The first-order valence-electron chi connectivity index (χ1n) is 8.03. The van der Waals surface area contributed by atoms with E-state index in [9.17, 15) is 0 Å². The van der Waals surface area contributed by atoms with Crippen molar-refractivity contribution in [2.45, 2.75) is 97.4 Å². The normalized spacial score (nSPS) is 13.1. The van der Waals surface area contributed by atoms with E-state index in [4.69, 9.17) is 5.73 Å². The van der Waals surface area contributed by atoms with Crippen LogP contribution in [-0.4, -0.2) is 5.54 Å². The first-order valence-corrected chi connectivity index (χ1v) is 8.03. The molecule has 0 spiro atoms. The molecule has 0 fully saturated rings. The van der Waals surface area contributed by atoms with E-state index in [0.717, 1.165) is 12.8 Å². The molecule has 0 aromatic rings. The molecule has 0 atom stereocenters. The van der Waals surface area contributed by atoms with Crippen LogP contribution >= 0.6 is 0 Å². The van der Waals surface area contributed by atoms with Crippen molar-refractivity contribution in [2.75, 3.05) is 0 Å². The minimum Gasteiger partial charge on any atom is -0.322 e. The van der Waals surface area contributed by atoms with Crippen LogP contribution < -0.4 is 5.73 Å². The maximum atomic E-state index is 6.65. The predicted octanol–water partition coefficient (Wildman–Crippen LogP) is 5.59. The van der Waals surface area contributed by atoms with Gasteiger partial charge in [0.15, 0.2) is 0 Å². The highest BCUT2D eigenvalue weighted by atomic mass is 14.7. The zero-order valence-electron chi connectivity index (χ0n) is 13.2. The number of rotatable bonds is 11. The minimum absolute atomic E-state index is 0.0315. The summed E-state index contributed by atoms with van der Waals surface area (Å²) >= 11 is 0. The summed E-state index contributed by atoms with van der Waals surface area (Å²) < 4.78 is 0. The molecule has 1 heteroatoms. The predicted molar refractivity (Wildman–Crippen MR) is 83.9 cm³/mol. The third-order valence-electron chi connectivity index (χ3n) is 4.17. The molecule has 0 unspecified atom stereocenters. The molecule has 0 saturated heterocycles. The van der Waals surface area contributed by atoms with Crippen LogP contribution in [0, 0.1) is 0 Å².